The quantitative estimate of drug-likeness (QED) is 0.695. The molecule has 1 aliphatic rings. The highest BCUT2D eigenvalue weighted by Crippen LogP contribution is 2.32. The van der Waals surface area contributed by atoms with Crippen LogP contribution < -0.4 is 0 Å². The van der Waals surface area contributed by atoms with E-state index in [1.165, 1.54) is 6.08 Å². The molecule has 0 radical (unpaired) electrons. The number of rotatable bonds is 3. The molecular weight excluding hydrogens is 288 g/mol. The Balaban J connectivity index is 1.96. The van der Waals surface area contributed by atoms with E-state index in [0.29, 0.717) is 17.1 Å². The molecule has 1 heterocycles. The molecule has 3 rings (SSSR count). The third-order valence-corrected chi connectivity index (χ3v) is 3.80. The molecule has 0 bridgehead atoms. The van der Waals surface area contributed by atoms with Crippen molar-refractivity contribution in [3.8, 4) is 0 Å². The first-order valence-electron chi connectivity index (χ1n) is 7.45. The molecule has 0 atom stereocenters. The van der Waals surface area contributed by atoms with Crippen LogP contribution in [0.3, 0.4) is 0 Å². The summed E-state index contributed by atoms with van der Waals surface area (Å²) in [6.45, 7) is 3.74. The SMILES string of the molecule is CC1(C)N=C(c2ccccc2)N(O)/C1=C/C(=O)c1ccccc1. The maximum Gasteiger partial charge on any atom is 0.187 e. The molecule has 0 aromatic heterocycles. The topological polar surface area (TPSA) is 52.9 Å². The molecule has 23 heavy (non-hydrogen) atoms. The number of benzene rings is 2. The van der Waals surface area contributed by atoms with Crippen molar-refractivity contribution in [3.05, 3.63) is 83.6 Å². The average molecular weight is 306 g/mol. The zero-order chi connectivity index (χ0) is 16.4. The largest absolute Gasteiger partial charge is 0.289 e. The van der Waals surface area contributed by atoms with E-state index in [4.69, 9.17) is 0 Å². The summed E-state index contributed by atoms with van der Waals surface area (Å²) in [5, 5.41) is 11.5. The summed E-state index contributed by atoms with van der Waals surface area (Å²) < 4.78 is 0. The minimum absolute atomic E-state index is 0.155. The monoisotopic (exact) mass is 306 g/mol. The van der Waals surface area contributed by atoms with Crippen LogP contribution in [0, 0.1) is 0 Å². The second-order valence-electron chi connectivity index (χ2n) is 5.93. The van der Waals surface area contributed by atoms with Crippen molar-refractivity contribution in [2.24, 2.45) is 4.99 Å². The molecule has 2 aromatic carbocycles. The van der Waals surface area contributed by atoms with Gasteiger partial charge < -0.3 is 0 Å². The summed E-state index contributed by atoms with van der Waals surface area (Å²) in [6, 6.07) is 18.4. The van der Waals surface area contributed by atoms with Crippen molar-refractivity contribution < 1.29 is 10.0 Å². The number of hydrogen-bond acceptors (Lipinski definition) is 4. The smallest absolute Gasteiger partial charge is 0.187 e. The molecule has 4 nitrogen and oxygen atoms in total. The van der Waals surface area contributed by atoms with Gasteiger partial charge in [-0.3, -0.25) is 15.0 Å². The summed E-state index contributed by atoms with van der Waals surface area (Å²) in [7, 11) is 0. The molecule has 4 heteroatoms. The van der Waals surface area contributed by atoms with Crippen molar-refractivity contribution in [2.75, 3.05) is 0 Å². The lowest BCUT2D eigenvalue weighted by molar-refractivity contribution is 0.0215. The first-order valence-corrected chi connectivity index (χ1v) is 7.45. The van der Waals surface area contributed by atoms with Gasteiger partial charge in [-0.15, -0.1) is 0 Å². The van der Waals surface area contributed by atoms with Crippen molar-refractivity contribution in [1.29, 1.82) is 0 Å². The van der Waals surface area contributed by atoms with Gasteiger partial charge in [-0.25, -0.2) is 5.06 Å². The van der Waals surface area contributed by atoms with Gasteiger partial charge in [0, 0.05) is 17.2 Å². The van der Waals surface area contributed by atoms with Gasteiger partial charge in [0.15, 0.2) is 11.6 Å². The first-order chi connectivity index (χ1) is 11.0. The van der Waals surface area contributed by atoms with Crippen molar-refractivity contribution in [2.45, 2.75) is 19.4 Å². The van der Waals surface area contributed by atoms with E-state index in [1.807, 2.05) is 62.4 Å². The Morgan fingerprint density at radius 2 is 1.61 bits per heavy atom. The van der Waals surface area contributed by atoms with E-state index in [-0.39, 0.29) is 5.78 Å². The fraction of sp³-hybridized carbons (Fsp3) is 0.158. The summed E-state index contributed by atoms with van der Waals surface area (Å²) >= 11 is 0. The number of aliphatic imine (C=N–C) groups is 1. The normalized spacial score (nSPS) is 18.1. The minimum atomic E-state index is -0.676. The van der Waals surface area contributed by atoms with Crippen LogP contribution in [-0.2, 0) is 0 Å². The Bertz CT molecular complexity index is 778. The van der Waals surface area contributed by atoms with Crippen LogP contribution in [0.1, 0.15) is 29.8 Å². The number of allylic oxidation sites excluding steroid dienone is 1. The molecule has 1 aliphatic heterocycles. The van der Waals surface area contributed by atoms with E-state index < -0.39 is 5.54 Å². The average Bonchev–Trinajstić information content (AvgIpc) is 2.80. The number of carbonyl (C=O) groups is 1. The summed E-state index contributed by atoms with van der Waals surface area (Å²) in [5.74, 6) is 0.292. The van der Waals surface area contributed by atoms with Crippen molar-refractivity contribution >= 4 is 11.6 Å². The molecule has 0 saturated carbocycles. The van der Waals surface area contributed by atoms with Crippen LogP contribution in [0.15, 0.2) is 77.4 Å². The van der Waals surface area contributed by atoms with Crippen LogP contribution in [0.4, 0.5) is 0 Å². The number of nitrogens with zero attached hydrogens (tertiary/aromatic N) is 2. The van der Waals surface area contributed by atoms with Crippen LogP contribution in [0.2, 0.25) is 0 Å². The predicted octanol–water partition coefficient (Wildman–Crippen LogP) is 3.68. The first kappa shape index (κ1) is 15.2. The highest BCUT2D eigenvalue weighted by molar-refractivity contribution is 6.07. The molecule has 0 unspecified atom stereocenters. The molecule has 0 aliphatic carbocycles. The molecule has 0 fully saturated rings. The lowest BCUT2D eigenvalue weighted by Gasteiger charge is -2.20. The van der Waals surface area contributed by atoms with Gasteiger partial charge >= 0.3 is 0 Å². The van der Waals surface area contributed by atoms with Crippen LogP contribution in [0.25, 0.3) is 0 Å². The zero-order valence-electron chi connectivity index (χ0n) is 13.1. The Morgan fingerprint density at radius 1 is 1.04 bits per heavy atom. The van der Waals surface area contributed by atoms with E-state index in [2.05, 4.69) is 4.99 Å². The highest BCUT2D eigenvalue weighted by Gasteiger charge is 2.37. The van der Waals surface area contributed by atoms with Gasteiger partial charge in [-0.2, -0.15) is 0 Å². The Morgan fingerprint density at radius 3 is 2.22 bits per heavy atom. The van der Waals surface area contributed by atoms with Gasteiger partial charge in [-0.05, 0) is 13.8 Å². The molecule has 116 valence electrons. The second kappa shape index (κ2) is 5.82. The van der Waals surface area contributed by atoms with E-state index >= 15 is 0 Å². The molecule has 0 spiro atoms. The minimum Gasteiger partial charge on any atom is -0.289 e. The van der Waals surface area contributed by atoms with Gasteiger partial charge in [0.05, 0.1) is 5.70 Å². The summed E-state index contributed by atoms with van der Waals surface area (Å²) in [6.07, 6.45) is 1.45. The van der Waals surface area contributed by atoms with Crippen LogP contribution >= 0.6 is 0 Å². The van der Waals surface area contributed by atoms with Crippen molar-refractivity contribution in [3.63, 3.8) is 0 Å². The van der Waals surface area contributed by atoms with E-state index in [0.717, 1.165) is 10.6 Å². The number of hydrogen-bond donors (Lipinski definition) is 1. The lowest BCUT2D eigenvalue weighted by Crippen LogP contribution is -2.28. The maximum atomic E-state index is 12.4. The molecule has 0 saturated heterocycles. The van der Waals surface area contributed by atoms with Crippen LogP contribution in [-0.4, -0.2) is 27.4 Å². The fourth-order valence-electron chi connectivity index (χ4n) is 2.56. The number of carbonyl (C=O) groups excluding carboxylic acids is 1. The van der Waals surface area contributed by atoms with Gasteiger partial charge in [0.2, 0.25) is 0 Å². The number of ketones is 1. The lowest BCUT2D eigenvalue weighted by atomic mass is 10.00. The molecule has 2 aromatic rings. The maximum absolute atomic E-state index is 12.4. The van der Waals surface area contributed by atoms with Gasteiger partial charge in [0.1, 0.15) is 5.54 Å². The van der Waals surface area contributed by atoms with Gasteiger partial charge in [0.25, 0.3) is 0 Å². The van der Waals surface area contributed by atoms with Crippen LogP contribution in [0.5, 0.6) is 0 Å². The third-order valence-electron chi connectivity index (χ3n) is 3.80. The number of amidine groups is 1. The fourth-order valence-corrected chi connectivity index (χ4v) is 2.56. The van der Waals surface area contributed by atoms with E-state index in [1.54, 1.807) is 12.1 Å². The molecular formula is C19H18N2O2. The Hall–Kier alpha value is -2.72. The number of hydroxylamine groups is 2. The van der Waals surface area contributed by atoms with E-state index in [9.17, 15) is 10.0 Å². The predicted molar refractivity (Wildman–Crippen MR) is 89.5 cm³/mol. The third kappa shape index (κ3) is 2.94. The second-order valence-corrected chi connectivity index (χ2v) is 5.93. The standard InChI is InChI=1S/C19H18N2O2/c1-19(2)17(13-16(22)14-9-5-3-6-10-14)21(23)18(20-19)15-11-7-4-8-12-15/h3-13,23H,1-2H3/b17-13+. The Kier molecular flexibility index (Phi) is 3.84. The van der Waals surface area contributed by atoms with Crippen molar-refractivity contribution in [1.82, 2.24) is 5.06 Å². The van der Waals surface area contributed by atoms with Gasteiger partial charge in [-0.1, -0.05) is 60.7 Å². The molecule has 0 amide bonds. The molecule has 1 N–H and O–H groups in total. The summed E-state index contributed by atoms with van der Waals surface area (Å²) in [4.78, 5) is 17.0. The zero-order valence-corrected chi connectivity index (χ0v) is 13.1. The summed E-state index contributed by atoms with van der Waals surface area (Å²) in [5.41, 5.74) is 1.17. The highest BCUT2D eigenvalue weighted by atomic mass is 16.5. The Labute approximate surface area is 135 Å².